The summed E-state index contributed by atoms with van der Waals surface area (Å²) in [6.45, 7) is 2.38. The minimum absolute atomic E-state index is 0.107. The number of ether oxygens (including phenoxy) is 2. The zero-order valence-electron chi connectivity index (χ0n) is 18.4. The van der Waals surface area contributed by atoms with Crippen molar-refractivity contribution in [2.45, 2.75) is 44.2 Å². The van der Waals surface area contributed by atoms with Crippen LogP contribution in [0.5, 0.6) is 5.75 Å². The molecule has 2 aliphatic rings. The van der Waals surface area contributed by atoms with Crippen molar-refractivity contribution in [3.63, 3.8) is 0 Å². The molecule has 0 aliphatic carbocycles. The maximum absolute atomic E-state index is 12.6. The molecule has 1 aromatic carbocycles. The van der Waals surface area contributed by atoms with Crippen molar-refractivity contribution in [1.82, 2.24) is 15.2 Å². The minimum atomic E-state index is -0.274. The number of anilines is 1. The fourth-order valence-corrected chi connectivity index (χ4v) is 4.40. The lowest BCUT2D eigenvalue weighted by Crippen LogP contribution is -2.43. The predicted molar refractivity (Wildman–Crippen MR) is 120 cm³/mol. The molecule has 170 valence electrons. The van der Waals surface area contributed by atoms with E-state index in [1.54, 1.807) is 13.2 Å². The average molecular weight is 439 g/mol. The van der Waals surface area contributed by atoms with Crippen LogP contribution in [-0.2, 0) is 16.1 Å². The van der Waals surface area contributed by atoms with E-state index in [0.29, 0.717) is 31.8 Å². The number of hydrogen-bond acceptors (Lipinski definition) is 6. The Morgan fingerprint density at radius 1 is 1.19 bits per heavy atom. The number of nitrogens with zero attached hydrogens (tertiary/aromatic N) is 2. The molecule has 2 amide bonds. The molecule has 3 N–H and O–H groups in total. The molecule has 2 aromatic rings. The van der Waals surface area contributed by atoms with Crippen LogP contribution in [0.1, 0.15) is 53.2 Å². The number of carbonyl (C=O) groups excluding carboxylic acids is 2. The molecule has 4 rings (SSSR count). The quantitative estimate of drug-likeness (QED) is 0.718. The highest BCUT2D eigenvalue weighted by Crippen LogP contribution is 2.29. The third-order valence-electron chi connectivity index (χ3n) is 6.25. The van der Waals surface area contributed by atoms with Gasteiger partial charge in [0.1, 0.15) is 17.7 Å². The molecule has 8 heteroatoms. The number of likely N-dealkylation sites (tertiary alicyclic amines) is 1. The van der Waals surface area contributed by atoms with Crippen molar-refractivity contribution < 1.29 is 19.1 Å². The Hall–Kier alpha value is -3.13. The van der Waals surface area contributed by atoms with Crippen LogP contribution in [0.3, 0.4) is 0 Å². The summed E-state index contributed by atoms with van der Waals surface area (Å²) in [5.74, 6) is 0.993. The molecule has 0 saturated carbocycles. The lowest BCUT2D eigenvalue weighted by atomic mass is 9.92. The summed E-state index contributed by atoms with van der Waals surface area (Å²) in [6.07, 6.45) is 3.15. The molecule has 0 unspecified atom stereocenters. The highest BCUT2D eigenvalue weighted by molar-refractivity contribution is 5.98. The number of para-hydroxylation sites is 1. The number of nitrogen functional groups attached to an aromatic ring is 1. The van der Waals surface area contributed by atoms with Gasteiger partial charge in [0.2, 0.25) is 0 Å². The summed E-state index contributed by atoms with van der Waals surface area (Å²) in [5, 5.41) is 2.88. The van der Waals surface area contributed by atoms with E-state index in [-0.39, 0.29) is 29.7 Å². The monoisotopic (exact) mass is 438 g/mol. The number of aromatic nitrogens is 1. The Morgan fingerprint density at radius 3 is 2.66 bits per heavy atom. The first kappa shape index (κ1) is 22.1. The molecule has 32 heavy (non-hydrogen) atoms. The number of piperidine rings is 1. The molecule has 0 bridgehead atoms. The number of amides is 2. The van der Waals surface area contributed by atoms with E-state index in [1.807, 2.05) is 35.2 Å². The summed E-state index contributed by atoms with van der Waals surface area (Å²) in [6, 6.07) is 11.1. The lowest BCUT2D eigenvalue weighted by Gasteiger charge is -2.33. The standard InChI is InChI=1S/C24H30N4O4/c1-31-20-6-3-2-5-17(20)15-26-23(29)18-8-9-19(27-22(18)25)16-10-12-28(13-11-16)24(30)21-7-4-14-32-21/h2-3,5-6,8-9,16,21H,4,7,10-15H2,1H3,(H2,25,27)(H,26,29)/t21-/m0/s1. The maximum Gasteiger partial charge on any atom is 0.255 e. The highest BCUT2D eigenvalue weighted by Gasteiger charge is 2.31. The Kier molecular flexibility index (Phi) is 6.90. The second-order valence-electron chi connectivity index (χ2n) is 8.26. The first-order valence-electron chi connectivity index (χ1n) is 11.1. The van der Waals surface area contributed by atoms with E-state index in [1.165, 1.54) is 0 Å². The van der Waals surface area contributed by atoms with Gasteiger partial charge in [0.05, 0.1) is 12.7 Å². The van der Waals surface area contributed by atoms with Gasteiger partial charge in [0.25, 0.3) is 11.8 Å². The number of benzene rings is 1. The van der Waals surface area contributed by atoms with Crippen molar-refractivity contribution in [1.29, 1.82) is 0 Å². The van der Waals surface area contributed by atoms with Crippen LogP contribution in [0.25, 0.3) is 0 Å². The number of carbonyl (C=O) groups is 2. The molecule has 1 aromatic heterocycles. The summed E-state index contributed by atoms with van der Waals surface area (Å²) in [7, 11) is 1.60. The van der Waals surface area contributed by atoms with Crippen molar-refractivity contribution >= 4 is 17.6 Å². The molecule has 3 heterocycles. The molecule has 2 fully saturated rings. The highest BCUT2D eigenvalue weighted by atomic mass is 16.5. The Morgan fingerprint density at radius 2 is 1.97 bits per heavy atom. The van der Waals surface area contributed by atoms with Crippen LogP contribution in [0.15, 0.2) is 36.4 Å². The first-order chi connectivity index (χ1) is 15.6. The van der Waals surface area contributed by atoms with Crippen molar-refractivity contribution in [2.75, 3.05) is 32.5 Å². The minimum Gasteiger partial charge on any atom is -0.496 e. The largest absolute Gasteiger partial charge is 0.496 e. The average Bonchev–Trinajstić information content (AvgIpc) is 3.37. The summed E-state index contributed by atoms with van der Waals surface area (Å²) in [5.41, 5.74) is 8.24. The van der Waals surface area contributed by atoms with Crippen LogP contribution < -0.4 is 15.8 Å². The molecular formula is C24H30N4O4. The third kappa shape index (κ3) is 4.85. The van der Waals surface area contributed by atoms with Gasteiger partial charge in [-0.25, -0.2) is 4.98 Å². The normalized spacial score (nSPS) is 19.0. The van der Waals surface area contributed by atoms with Crippen molar-refractivity contribution in [2.24, 2.45) is 0 Å². The summed E-state index contributed by atoms with van der Waals surface area (Å²) in [4.78, 5) is 31.6. The van der Waals surface area contributed by atoms with Crippen molar-refractivity contribution in [3.8, 4) is 5.75 Å². The second kappa shape index (κ2) is 9.99. The summed E-state index contributed by atoms with van der Waals surface area (Å²) < 4.78 is 10.8. The predicted octanol–water partition coefficient (Wildman–Crippen LogP) is 2.49. The Bertz CT molecular complexity index is 966. The number of rotatable bonds is 6. The van der Waals surface area contributed by atoms with Gasteiger partial charge in [0, 0.05) is 43.4 Å². The number of hydrogen-bond donors (Lipinski definition) is 2. The Balaban J connectivity index is 1.34. The smallest absolute Gasteiger partial charge is 0.255 e. The molecule has 8 nitrogen and oxygen atoms in total. The van der Waals surface area contributed by atoms with E-state index in [2.05, 4.69) is 10.3 Å². The van der Waals surface area contributed by atoms with Gasteiger partial charge >= 0.3 is 0 Å². The van der Waals surface area contributed by atoms with Crippen LogP contribution in [0, 0.1) is 0 Å². The van der Waals surface area contributed by atoms with Gasteiger partial charge in [-0.2, -0.15) is 0 Å². The fourth-order valence-electron chi connectivity index (χ4n) is 4.40. The maximum atomic E-state index is 12.6. The van der Waals surface area contributed by atoms with Crippen LogP contribution >= 0.6 is 0 Å². The van der Waals surface area contributed by atoms with Crippen LogP contribution in [0.2, 0.25) is 0 Å². The number of pyridine rings is 1. The van der Waals surface area contributed by atoms with E-state index in [4.69, 9.17) is 15.2 Å². The molecule has 1 atom stereocenters. The third-order valence-corrected chi connectivity index (χ3v) is 6.25. The van der Waals surface area contributed by atoms with Crippen LogP contribution in [-0.4, -0.2) is 54.6 Å². The number of methoxy groups -OCH3 is 1. The molecule has 2 saturated heterocycles. The van der Waals surface area contributed by atoms with Crippen LogP contribution in [0.4, 0.5) is 5.82 Å². The second-order valence-corrected chi connectivity index (χ2v) is 8.26. The number of nitrogens with two attached hydrogens (primary N) is 1. The molecule has 0 spiro atoms. The fraction of sp³-hybridized carbons (Fsp3) is 0.458. The van der Waals surface area contributed by atoms with Crippen molar-refractivity contribution in [3.05, 3.63) is 53.2 Å². The van der Waals surface area contributed by atoms with E-state index >= 15 is 0 Å². The van der Waals surface area contributed by atoms with Gasteiger partial charge in [-0.3, -0.25) is 9.59 Å². The van der Waals surface area contributed by atoms with E-state index in [9.17, 15) is 9.59 Å². The summed E-state index contributed by atoms with van der Waals surface area (Å²) >= 11 is 0. The van der Waals surface area contributed by atoms with Gasteiger partial charge in [-0.1, -0.05) is 18.2 Å². The van der Waals surface area contributed by atoms with E-state index in [0.717, 1.165) is 42.7 Å². The Labute approximate surface area is 188 Å². The lowest BCUT2D eigenvalue weighted by molar-refractivity contribution is -0.142. The first-order valence-corrected chi connectivity index (χ1v) is 11.1. The van der Waals surface area contributed by atoms with Gasteiger partial charge in [-0.05, 0) is 43.9 Å². The van der Waals surface area contributed by atoms with Gasteiger partial charge in [-0.15, -0.1) is 0 Å². The van der Waals surface area contributed by atoms with Gasteiger partial charge in [0.15, 0.2) is 0 Å². The molecule has 0 radical (unpaired) electrons. The molecular weight excluding hydrogens is 408 g/mol. The zero-order valence-corrected chi connectivity index (χ0v) is 18.4. The van der Waals surface area contributed by atoms with Gasteiger partial charge < -0.3 is 25.4 Å². The van der Waals surface area contributed by atoms with E-state index < -0.39 is 0 Å². The topological polar surface area (TPSA) is 107 Å². The SMILES string of the molecule is COc1ccccc1CNC(=O)c1ccc(C2CCN(C(=O)[C@@H]3CCCO3)CC2)nc1N. The zero-order chi connectivity index (χ0) is 22.5. The molecule has 2 aliphatic heterocycles. The number of nitrogens with one attached hydrogen (secondary N) is 1.